The predicted octanol–water partition coefficient (Wildman–Crippen LogP) is 4.61. The number of esters is 1. The highest BCUT2D eigenvalue weighted by molar-refractivity contribution is 5.98. The lowest BCUT2D eigenvalue weighted by molar-refractivity contribution is 0.0594. The third-order valence-corrected chi connectivity index (χ3v) is 6.07. The van der Waals surface area contributed by atoms with Gasteiger partial charge < -0.3 is 24.4 Å². The summed E-state index contributed by atoms with van der Waals surface area (Å²) in [7, 11) is 3.29. The molecule has 3 rings (SSSR count). The van der Waals surface area contributed by atoms with Gasteiger partial charge in [-0.2, -0.15) is 0 Å². The molecule has 0 bridgehead atoms. The second-order valence-corrected chi connectivity index (χ2v) is 9.17. The monoisotopic (exact) mass is 454 g/mol. The van der Waals surface area contributed by atoms with Gasteiger partial charge in [-0.15, -0.1) is 0 Å². The molecule has 0 aliphatic carbocycles. The Hall–Kier alpha value is -3.06. The van der Waals surface area contributed by atoms with Crippen molar-refractivity contribution in [2.45, 2.75) is 39.5 Å². The molecule has 2 aromatic carbocycles. The van der Waals surface area contributed by atoms with Crippen LogP contribution >= 0.6 is 0 Å². The van der Waals surface area contributed by atoms with E-state index in [1.807, 2.05) is 37.9 Å². The van der Waals surface area contributed by atoms with Gasteiger partial charge in [-0.05, 0) is 54.3 Å². The Morgan fingerprint density at radius 1 is 0.909 bits per heavy atom. The van der Waals surface area contributed by atoms with Crippen LogP contribution in [0.15, 0.2) is 30.3 Å². The van der Waals surface area contributed by atoms with Gasteiger partial charge in [-0.25, -0.2) is 4.79 Å². The van der Waals surface area contributed by atoms with E-state index in [1.165, 1.54) is 7.11 Å². The highest BCUT2D eigenvalue weighted by Gasteiger charge is 2.26. The van der Waals surface area contributed by atoms with Crippen LogP contribution in [0.4, 0.5) is 0 Å². The molecule has 7 nitrogen and oxygen atoms in total. The quantitative estimate of drug-likeness (QED) is 0.643. The zero-order valence-electron chi connectivity index (χ0n) is 20.3. The van der Waals surface area contributed by atoms with Crippen LogP contribution in [0.2, 0.25) is 0 Å². The maximum absolute atomic E-state index is 13.4. The van der Waals surface area contributed by atoms with Crippen LogP contribution in [-0.2, 0) is 4.74 Å². The zero-order chi connectivity index (χ0) is 24.3. The summed E-state index contributed by atoms with van der Waals surface area (Å²) in [5.41, 5.74) is 2.18. The molecule has 1 aliphatic heterocycles. The smallest absolute Gasteiger partial charge is 0.345 e. The molecule has 178 valence electrons. The third kappa shape index (κ3) is 5.47. The average Bonchev–Trinajstić information content (AvgIpc) is 2.78. The fourth-order valence-corrected chi connectivity index (χ4v) is 3.80. The van der Waals surface area contributed by atoms with E-state index >= 15 is 0 Å². The fraction of sp³-hybridized carbons (Fsp3) is 0.462. The number of likely N-dealkylation sites (N-methyl/N-ethyl adjacent to an activating group) is 1. The Kier molecular flexibility index (Phi) is 7.64. The maximum Gasteiger partial charge on any atom is 0.345 e. The standard InChI is InChI=1S/C26H34N2O5/c1-16(2)18-7-8-20(25(30)28-11-9-27(5)10-12-28)22(14-18)33-23-15-19(17(3)4)13-21(29)24(23)26(31)32-6/h7-8,13-17,29H,9-12H2,1-6H3. The highest BCUT2D eigenvalue weighted by atomic mass is 16.5. The van der Waals surface area contributed by atoms with Crippen LogP contribution in [-0.4, -0.2) is 67.1 Å². The summed E-state index contributed by atoms with van der Waals surface area (Å²) in [6, 6.07) is 8.83. The Morgan fingerprint density at radius 3 is 2.09 bits per heavy atom. The van der Waals surface area contributed by atoms with E-state index in [0.717, 1.165) is 24.2 Å². The van der Waals surface area contributed by atoms with Crippen LogP contribution in [0.1, 0.15) is 71.4 Å². The molecular weight excluding hydrogens is 420 g/mol. The molecule has 1 fully saturated rings. The average molecular weight is 455 g/mol. The number of carbonyl (C=O) groups excluding carboxylic acids is 2. The maximum atomic E-state index is 13.4. The van der Waals surface area contributed by atoms with Crippen molar-refractivity contribution in [3.63, 3.8) is 0 Å². The van der Waals surface area contributed by atoms with E-state index < -0.39 is 5.97 Å². The number of hydrogen-bond acceptors (Lipinski definition) is 6. The molecule has 1 heterocycles. The van der Waals surface area contributed by atoms with E-state index in [9.17, 15) is 14.7 Å². The summed E-state index contributed by atoms with van der Waals surface area (Å²) in [4.78, 5) is 29.9. The second kappa shape index (κ2) is 10.3. The summed E-state index contributed by atoms with van der Waals surface area (Å²) < 4.78 is 11.1. The van der Waals surface area contributed by atoms with Gasteiger partial charge in [0.2, 0.25) is 0 Å². The lowest BCUT2D eigenvalue weighted by Gasteiger charge is -2.32. The summed E-state index contributed by atoms with van der Waals surface area (Å²) in [5, 5.41) is 10.6. The number of hydrogen-bond donors (Lipinski definition) is 1. The van der Waals surface area contributed by atoms with Crippen LogP contribution in [0.25, 0.3) is 0 Å². The van der Waals surface area contributed by atoms with Crippen LogP contribution in [0, 0.1) is 0 Å². The van der Waals surface area contributed by atoms with Crippen molar-refractivity contribution in [1.82, 2.24) is 9.80 Å². The molecule has 2 aromatic rings. The van der Waals surface area contributed by atoms with Crippen molar-refractivity contribution in [3.05, 3.63) is 52.6 Å². The molecule has 1 N–H and O–H groups in total. The number of carbonyl (C=O) groups is 2. The van der Waals surface area contributed by atoms with Crippen molar-refractivity contribution in [2.75, 3.05) is 40.3 Å². The lowest BCUT2D eigenvalue weighted by Crippen LogP contribution is -2.47. The van der Waals surface area contributed by atoms with Gasteiger partial charge in [0.25, 0.3) is 5.91 Å². The SMILES string of the molecule is COC(=O)c1c(O)cc(C(C)C)cc1Oc1cc(C(C)C)ccc1C(=O)N1CCN(C)CC1. The molecule has 33 heavy (non-hydrogen) atoms. The molecule has 0 aromatic heterocycles. The summed E-state index contributed by atoms with van der Waals surface area (Å²) in [6.45, 7) is 11.0. The molecular formula is C26H34N2O5. The zero-order valence-corrected chi connectivity index (χ0v) is 20.3. The minimum Gasteiger partial charge on any atom is -0.507 e. The van der Waals surface area contributed by atoms with Gasteiger partial charge >= 0.3 is 5.97 Å². The van der Waals surface area contributed by atoms with Gasteiger partial charge in [0.1, 0.15) is 22.8 Å². The van der Waals surface area contributed by atoms with Crippen molar-refractivity contribution in [3.8, 4) is 17.2 Å². The molecule has 1 amide bonds. The molecule has 0 atom stereocenters. The van der Waals surface area contributed by atoms with Crippen molar-refractivity contribution in [1.29, 1.82) is 0 Å². The molecule has 1 aliphatic rings. The Labute approximate surface area is 195 Å². The summed E-state index contributed by atoms with van der Waals surface area (Å²) in [5.74, 6) is -0.194. The molecule has 7 heteroatoms. The normalized spacial score (nSPS) is 14.6. The number of piperazine rings is 1. The first-order valence-electron chi connectivity index (χ1n) is 11.4. The topological polar surface area (TPSA) is 79.3 Å². The lowest BCUT2D eigenvalue weighted by atomic mass is 9.99. The summed E-state index contributed by atoms with van der Waals surface area (Å²) in [6.07, 6.45) is 0. The van der Waals surface area contributed by atoms with Gasteiger partial charge in [0.05, 0.1) is 12.7 Å². The largest absolute Gasteiger partial charge is 0.507 e. The van der Waals surface area contributed by atoms with Crippen molar-refractivity contribution < 1.29 is 24.2 Å². The minimum atomic E-state index is -0.704. The molecule has 0 spiro atoms. The van der Waals surface area contributed by atoms with Crippen molar-refractivity contribution >= 4 is 11.9 Å². The first-order chi connectivity index (χ1) is 15.6. The predicted molar refractivity (Wildman–Crippen MR) is 128 cm³/mol. The number of phenols is 1. The Bertz CT molecular complexity index is 1020. The minimum absolute atomic E-state index is 0.0603. The number of rotatable bonds is 6. The molecule has 1 saturated heterocycles. The molecule has 0 unspecified atom stereocenters. The number of ether oxygens (including phenoxy) is 2. The Morgan fingerprint density at radius 2 is 1.52 bits per heavy atom. The number of nitrogens with zero attached hydrogens (tertiary/aromatic N) is 2. The second-order valence-electron chi connectivity index (χ2n) is 9.17. The number of phenolic OH excluding ortho intramolecular Hbond substituents is 1. The number of benzene rings is 2. The van der Waals surface area contributed by atoms with Crippen molar-refractivity contribution in [2.24, 2.45) is 0 Å². The van der Waals surface area contributed by atoms with Gasteiger partial charge in [0, 0.05) is 26.2 Å². The number of methoxy groups -OCH3 is 1. The fourth-order valence-electron chi connectivity index (χ4n) is 3.80. The van der Waals surface area contributed by atoms with Gasteiger partial charge in [0.15, 0.2) is 0 Å². The van der Waals surface area contributed by atoms with E-state index in [0.29, 0.717) is 24.4 Å². The third-order valence-electron chi connectivity index (χ3n) is 6.07. The van der Waals surface area contributed by atoms with E-state index in [4.69, 9.17) is 9.47 Å². The number of amides is 1. The highest BCUT2D eigenvalue weighted by Crippen LogP contribution is 2.38. The van der Waals surface area contributed by atoms with E-state index in [2.05, 4.69) is 18.7 Å². The summed E-state index contributed by atoms with van der Waals surface area (Å²) >= 11 is 0. The first kappa shape index (κ1) is 24.6. The van der Waals surface area contributed by atoms with E-state index in [-0.39, 0.29) is 34.8 Å². The van der Waals surface area contributed by atoms with E-state index in [1.54, 1.807) is 18.2 Å². The van der Waals surface area contributed by atoms with Crippen LogP contribution < -0.4 is 4.74 Å². The molecule has 0 saturated carbocycles. The Balaban J connectivity index is 2.09. The molecule has 0 radical (unpaired) electrons. The van der Waals surface area contributed by atoms with Gasteiger partial charge in [-0.1, -0.05) is 33.8 Å². The van der Waals surface area contributed by atoms with Gasteiger partial charge in [-0.3, -0.25) is 4.79 Å². The van der Waals surface area contributed by atoms with Crippen LogP contribution in [0.5, 0.6) is 17.2 Å². The van der Waals surface area contributed by atoms with Crippen LogP contribution in [0.3, 0.4) is 0 Å². The number of aromatic hydroxyl groups is 1. The first-order valence-corrected chi connectivity index (χ1v) is 11.4.